The van der Waals surface area contributed by atoms with E-state index >= 15 is 0 Å². The topological polar surface area (TPSA) is 82.1 Å². The number of nitrogens with zero attached hydrogens (tertiary/aromatic N) is 1. The van der Waals surface area contributed by atoms with E-state index in [2.05, 4.69) is 0 Å². The first-order valence-corrected chi connectivity index (χ1v) is 7.07. The minimum absolute atomic E-state index is 0.126. The van der Waals surface area contributed by atoms with Crippen LogP contribution in [0.2, 0.25) is 0 Å². The zero-order valence-electron chi connectivity index (χ0n) is 12.6. The van der Waals surface area contributed by atoms with Crippen LogP contribution in [-0.4, -0.2) is 48.3 Å². The monoisotopic (exact) mass is 299 g/mol. The molecule has 2 amide bonds. The Hall–Kier alpha value is -1.47. The molecule has 0 bridgehead atoms. The highest BCUT2D eigenvalue weighted by Gasteiger charge is 2.43. The third-order valence-electron chi connectivity index (χ3n) is 3.82. The van der Waals surface area contributed by atoms with Crippen molar-refractivity contribution in [1.29, 1.82) is 0 Å². The third kappa shape index (κ3) is 3.79. The summed E-state index contributed by atoms with van der Waals surface area (Å²) >= 11 is 0. The standard InChI is InChI=1S/C14H21NO6/c1-9(16)19-7-10-6-14(2,3)11(21-10)8-20-15-12(17)4-5-13(15)18/h10-11H,4-8H2,1-3H3. The molecule has 0 aromatic rings. The highest BCUT2D eigenvalue weighted by atomic mass is 16.7. The van der Waals surface area contributed by atoms with E-state index in [1.54, 1.807) is 0 Å². The average molecular weight is 299 g/mol. The molecule has 0 spiro atoms. The van der Waals surface area contributed by atoms with Gasteiger partial charge < -0.3 is 9.47 Å². The van der Waals surface area contributed by atoms with Crippen molar-refractivity contribution < 1.29 is 28.7 Å². The van der Waals surface area contributed by atoms with Crippen molar-refractivity contribution in [1.82, 2.24) is 5.06 Å². The van der Waals surface area contributed by atoms with Crippen molar-refractivity contribution in [2.24, 2.45) is 5.41 Å². The van der Waals surface area contributed by atoms with Gasteiger partial charge in [0.1, 0.15) is 13.2 Å². The zero-order valence-corrected chi connectivity index (χ0v) is 12.6. The van der Waals surface area contributed by atoms with Crippen molar-refractivity contribution >= 4 is 17.8 Å². The minimum atomic E-state index is -0.343. The van der Waals surface area contributed by atoms with Gasteiger partial charge in [-0.3, -0.25) is 19.2 Å². The largest absolute Gasteiger partial charge is 0.463 e. The Kier molecular flexibility index (Phi) is 4.63. The van der Waals surface area contributed by atoms with Gasteiger partial charge in [0, 0.05) is 19.8 Å². The Balaban J connectivity index is 1.86. The van der Waals surface area contributed by atoms with Gasteiger partial charge >= 0.3 is 5.97 Å². The molecule has 0 aliphatic carbocycles. The first-order valence-electron chi connectivity index (χ1n) is 7.07. The van der Waals surface area contributed by atoms with Crippen LogP contribution in [0.25, 0.3) is 0 Å². The maximum atomic E-state index is 11.5. The number of rotatable bonds is 5. The molecule has 0 aromatic carbocycles. The Morgan fingerprint density at radius 1 is 1.29 bits per heavy atom. The van der Waals surface area contributed by atoms with Crippen LogP contribution < -0.4 is 0 Å². The molecule has 21 heavy (non-hydrogen) atoms. The number of imide groups is 1. The number of hydrogen-bond donors (Lipinski definition) is 0. The SMILES string of the molecule is CC(=O)OCC1CC(C)(C)C(CON2C(=O)CCC2=O)O1. The Morgan fingerprint density at radius 3 is 2.48 bits per heavy atom. The molecule has 2 rings (SSSR count). The first-order chi connectivity index (χ1) is 9.79. The van der Waals surface area contributed by atoms with Crippen molar-refractivity contribution in [3.05, 3.63) is 0 Å². The number of carbonyl (C=O) groups is 3. The Bertz CT molecular complexity index is 431. The van der Waals surface area contributed by atoms with Crippen LogP contribution in [0, 0.1) is 5.41 Å². The smallest absolute Gasteiger partial charge is 0.302 e. The van der Waals surface area contributed by atoms with Crippen LogP contribution in [-0.2, 0) is 28.7 Å². The molecule has 2 aliphatic heterocycles. The molecule has 2 unspecified atom stereocenters. The number of carbonyl (C=O) groups excluding carboxylic acids is 3. The number of ether oxygens (including phenoxy) is 2. The summed E-state index contributed by atoms with van der Waals surface area (Å²) in [7, 11) is 0. The van der Waals surface area contributed by atoms with Crippen molar-refractivity contribution in [3.63, 3.8) is 0 Å². The summed E-state index contributed by atoms with van der Waals surface area (Å²) in [6, 6.07) is 0. The highest BCUT2D eigenvalue weighted by Crippen LogP contribution is 2.38. The maximum Gasteiger partial charge on any atom is 0.302 e. The van der Waals surface area contributed by atoms with E-state index in [-0.39, 0.29) is 61.5 Å². The molecule has 0 saturated carbocycles. The molecule has 0 radical (unpaired) electrons. The van der Waals surface area contributed by atoms with Crippen LogP contribution in [0.4, 0.5) is 0 Å². The third-order valence-corrected chi connectivity index (χ3v) is 3.82. The molecule has 0 N–H and O–H groups in total. The van der Waals surface area contributed by atoms with Crippen LogP contribution >= 0.6 is 0 Å². The normalized spacial score (nSPS) is 28.2. The van der Waals surface area contributed by atoms with Crippen molar-refractivity contribution in [3.8, 4) is 0 Å². The van der Waals surface area contributed by atoms with Crippen molar-refractivity contribution in [2.45, 2.75) is 52.2 Å². The second kappa shape index (κ2) is 6.11. The number of amides is 2. The molecule has 2 fully saturated rings. The molecule has 2 heterocycles. The predicted octanol–water partition coefficient (Wildman–Crippen LogP) is 0.814. The van der Waals surface area contributed by atoms with E-state index in [1.165, 1.54) is 6.92 Å². The van der Waals surface area contributed by atoms with Gasteiger partial charge in [0.25, 0.3) is 11.8 Å². The fourth-order valence-electron chi connectivity index (χ4n) is 2.60. The molecular formula is C14H21NO6. The molecule has 118 valence electrons. The van der Waals surface area contributed by atoms with E-state index in [0.29, 0.717) is 0 Å². The minimum Gasteiger partial charge on any atom is -0.463 e. The fraction of sp³-hybridized carbons (Fsp3) is 0.786. The van der Waals surface area contributed by atoms with E-state index in [0.717, 1.165) is 11.5 Å². The second-order valence-corrected chi connectivity index (χ2v) is 6.12. The van der Waals surface area contributed by atoms with Crippen LogP contribution in [0.3, 0.4) is 0 Å². The highest BCUT2D eigenvalue weighted by molar-refractivity contribution is 6.00. The van der Waals surface area contributed by atoms with Gasteiger partial charge in [0.15, 0.2) is 0 Å². The van der Waals surface area contributed by atoms with E-state index in [1.807, 2.05) is 13.8 Å². The molecule has 2 atom stereocenters. The lowest BCUT2D eigenvalue weighted by atomic mass is 9.84. The molecule has 0 aromatic heterocycles. The Morgan fingerprint density at radius 2 is 1.90 bits per heavy atom. The summed E-state index contributed by atoms with van der Waals surface area (Å²) < 4.78 is 10.8. The molecule has 2 aliphatic rings. The van der Waals surface area contributed by atoms with Gasteiger partial charge in [-0.15, -0.1) is 0 Å². The van der Waals surface area contributed by atoms with Crippen molar-refractivity contribution in [2.75, 3.05) is 13.2 Å². The van der Waals surface area contributed by atoms with E-state index in [4.69, 9.17) is 14.3 Å². The molecule has 7 heteroatoms. The lowest BCUT2D eigenvalue weighted by Gasteiger charge is -2.26. The average Bonchev–Trinajstić information content (AvgIpc) is 2.85. The fourth-order valence-corrected chi connectivity index (χ4v) is 2.60. The van der Waals surface area contributed by atoms with Gasteiger partial charge in [0.05, 0.1) is 12.2 Å². The number of hydrogen-bond acceptors (Lipinski definition) is 6. The predicted molar refractivity (Wildman–Crippen MR) is 70.7 cm³/mol. The van der Waals surface area contributed by atoms with Gasteiger partial charge in [-0.25, -0.2) is 0 Å². The number of hydroxylamine groups is 2. The van der Waals surface area contributed by atoms with Gasteiger partial charge in [-0.05, 0) is 11.8 Å². The van der Waals surface area contributed by atoms with Gasteiger partial charge in [-0.1, -0.05) is 13.8 Å². The summed E-state index contributed by atoms with van der Waals surface area (Å²) in [6.45, 7) is 5.72. The summed E-state index contributed by atoms with van der Waals surface area (Å²) in [4.78, 5) is 39.1. The van der Waals surface area contributed by atoms with E-state index in [9.17, 15) is 14.4 Å². The van der Waals surface area contributed by atoms with Crippen LogP contribution in [0.1, 0.15) is 40.0 Å². The number of esters is 1. The lowest BCUT2D eigenvalue weighted by molar-refractivity contribution is -0.199. The maximum absolute atomic E-state index is 11.5. The second-order valence-electron chi connectivity index (χ2n) is 6.12. The van der Waals surface area contributed by atoms with Gasteiger partial charge in [-0.2, -0.15) is 5.06 Å². The quantitative estimate of drug-likeness (QED) is 0.552. The molecule has 2 saturated heterocycles. The lowest BCUT2D eigenvalue weighted by Crippen LogP contribution is -2.36. The van der Waals surface area contributed by atoms with Crippen LogP contribution in [0.15, 0.2) is 0 Å². The first kappa shape index (κ1) is 15.9. The summed E-state index contributed by atoms with van der Waals surface area (Å²) in [5, 5.41) is 0.832. The molecular weight excluding hydrogens is 278 g/mol. The van der Waals surface area contributed by atoms with Gasteiger partial charge in [0.2, 0.25) is 0 Å². The summed E-state index contributed by atoms with van der Waals surface area (Å²) in [6.07, 6.45) is 0.656. The molecule has 7 nitrogen and oxygen atoms in total. The van der Waals surface area contributed by atoms with Crippen LogP contribution in [0.5, 0.6) is 0 Å². The Labute approximate surface area is 123 Å². The summed E-state index contributed by atoms with van der Waals surface area (Å²) in [5.74, 6) is -0.969. The van der Waals surface area contributed by atoms with E-state index < -0.39 is 0 Å². The zero-order chi connectivity index (χ0) is 15.6. The summed E-state index contributed by atoms with van der Waals surface area (Å²) in [5.41, 5.74) is -0.184.